The van der Waals surface area contributed by atoms with Gasteiger partial charge in [0.2, 0.25) is 0 Å². The van der Waals surface area contributed by atoms with Gasteiger partial charge in [-0.15, -0.1) is 11.3 Å². The fraction of sp³-hybridized carbons (Fsp3) is 0.700. The zero-order valence-corrected chi connectivity index (χ0v) is 9.02. The fourth-order valence-electron chi connectivity index (χ4n) is 2.61. The van der Waals surface area contributed by atoms with Crippen LogP contribution in [0.1, 0.15) is 12.8 Å². The topological polar surface area (TPSA) is 28.2 Å². The van der Waals surface area contributed by atoms with Crippen molar-refractivity contribution in [2.24, 2.45) is 5.41 Å². The molecule has 1 atom stereocenters. The van der Waals surface area contributed by atoms with Crippen LogP contribution in [0.5, 0.6) is 0 Å². The molecule has 0 saturated carbocycles. The van der Waals surface area contributed by atoms with Crippen LogP contribution in [0.4, 0.5) is 5.13 Å². The summed E-state index contributed by atoms with van der Waals surface area (Å²) < 4.78 is 0. The average molecular weight is 209 g/mol. The zero-order chi connectivity index (χ0) is 9.43. The van der Waals surface area contributed by atoms with Crippen LogP contribution >= 0.6 is 11.3 Å². The van der Waals surface area contributed by atoms with E-state index < -0.39 is 0 Å². The number of thiazole rings is 1. The smallest absolute Gasteiger partial charge is 0.185 e. The highest BCUT2D eigenvalue weighted by Crippen LogP contribution is 2.38. The largest absolute Gasteiger partial charge is 0.347 e. The Kier molecular flexibility index (Phi) is 1.99. The summed E-state index contributed by atoms with van der Waals surface area (Å²) in [6.45, 7) is 4.79. The summed E-state index contributed by atoms with van der Waals surface area (Å²) >= 11 is 1.76. The highest BCUT2D eigenvalue weighted by atomic mass is 32.1. The highest BCUT2D eigenvalue weighted by Gasteiger charge is 2.40. The molecule has 3 rings (SSSR count). The number of hydrogen-bond acceptors (Lipinski definition) is 4. The van der Waals surface area contributed by atoms with Gasteiger partial charge in [-0.25, -0.2) is 4.98 Å². The lowest BCUT2D eigenvalue weighted by atomic mass is 9.87. The van der Waals surface area contributed by atoms with Crippen LogP contribution in [0.2, 0.25) is 0 Å². The van der Waals surface area contributed by atoms with Crippen molar-refractivity contribution in [3.8, 4) is 0 Å². The molecular weight excluding hydrogens is 194 g/mol. The predicted molar refractivity (Wildman–Crippen MR) is 58.9 cm³/mol. The molecular formula is C10H15N3S. The van der Waals surface area contributed by atoms with Crippen LogP contribution in [-0.2, 0) is 0 Å². The number of hydrogen-bond donors (Lipinski definition) is 1. The molecule has 1 unspecified atom stereocenters. The molecule has 2 fully saturated rings. The van der Waals surface area contributed by atoms with Crippen molar-refractivity contribution in [2.75, 3.05) is 31.1 Å². The van der Waals surface area contributed by atoms with Gasteiger partial charge in [-0.05, 0) is 19.4 Å². The standard InChI is InChI=1S/C10H15N3S/c1-3-11-7-10(1)2-5-13(8-10)9-12-4-6-14-9/h4,6,11H,1-3,5,7-8H2. The Labute approximate surface area is 88.1 Å². The second-order valence-electron chi connectivity index (χ2n) is 4.41. The van der Waals surface area contributed by atoms with Gasteiger partial charge >= 0.3 is 0 Å². The fourth-order valence-corrected chi connectivity index (χ4v) is 3.28. The van der Waals surface area contributed by atoms with Gasteiger partial charge in [-0.3, -0.25) is 0 Å². The van der Waals surface area contributed by atoms with Crippen molar-refractivity contribution in [1.29, 1.82) is 0 Å². The number of aromatic nitrogens is 1. The SMILES string of the molecule is c1csc(N2CCC3(CCNC3)C2)n1. The second kappa shape index (κ2) is 3.21. The third-order valence-corrected chi connectivity index (χ3v) is 4.29. The first-order valence-electron chi connectivity index (χ1n) is 5.23. The minimum atomic E-state index is 0.561. The van der Waals surface area contributed by atoms with Crippen molar-refractivity contribution < 1.29 is 0 Å². The first-order valence-corrected chi connectivity index (χ1v) is 6.11. The normalized spacial score (nSPS) is 31.9. The quantitative estimate of drug-likeness (QED) is 0.756. The molecule has 1 N–H and O–H groups in total. The molecule has 0 bridgehead atoms. The van der Waals surface area contributed by atoms with Crippen LogP contribution < -0.4 is 10.2 Å². The van der Waals surface area contributed by atoms with E-state index in [2.05, 4.69) is 20.6 Å². The van der Waals surface area contributed by atoms with E-state index in [-0.39, 0.29) is 0 Å². The zero-order valence-electron chi connectivity index (χ0n) is 8.20. The molecule has 0 amide bonds. The van der Waals surface area contributed by atoms with Crippen molar-refractivity contribution in [3.63, 3.8) is 0 Å². The van der Waals surface area contributed by atoms with Crippen molar-refractivity contribution in [2.45, 2.75) is 12.8 Å². The van der Waals surface area contributed by atoms with E-state index in [1.807, 2.05) is 6.20 Å². The summed E-state index contributed by atoms with van der Waals surface area (Å²) in [6.07, 6.45) is 4.58. The number of anilines is 1. The molecule has 1 aromatic heterocycles. The summed E-state index contributed by atoms with van der Waals surface area (Å²) in [6, 6.07) is 0. The number of nitrogens with zero attached hydrogens (tertiary/aromatic N) is 2. The minimum Gasteiger partial charge on any atom is -0.347 e. The van der Waals surface area contributed by atoms with Gasteiger partial charge in [0.1, 0.15) is 0 Å². The van der Waals surface area contributed by atoms with Crippen LogP contribution in [0.15, 0.2) is 11.6 Å². The van der Waals surface area contributed by atoms with E-state index in [0.717, 1.165) is 0 Å². The Morgan fingerprint density at radius 2 is 2.50 bits per heavy atom. The summed E-state index contributed by atoms with van der Waals surface area (Å²) in [5.74, 6) is 0. The molecule has 1 spiro atoms. The van der Waals surface area contributed by atoms with Crippen LogP contribution in [-0.4, -0.2) is 31.2 Å². The van der Waals surface area contributed by atoms with E-state index in [4.69, 9.17) is 0 Å². The Morgan fingerprint density at radius 1 is 1.50 bits per heavy atom. The average Bonchev–Trinajstić information content (AvgIpc) is 2.91. The molecule has 4 heteroatoms. The van der Waals surface area contributed by atoms with Gasteiger partial charge in [0, 0.05) is 36.6 Å². The van der Waals surface area contributed by atoms with E-state index in [1.54, 1.807) is 11.3 Å². The summed E-state index contributed by atoms with van der Waals surface area (Å²) in [7, 11) is 0. The summed E-state index contributed by atoms with van der Waals surface area (Å²) in [4.78, 5) is 6.82. The van der Waals surface area contributed by atoms with Crippen LogP contribution in [0, 0.1) is 5.41 Å². The minimum absolute atomic E-state index is 0.561. The van der Waals surface area contributed by atoms with E-state index >= 15 is 0 Å². The first-order chi connectivity index (χ1) is 6.88. The number of rotatable bonds is 1. The highest BCUT2D eigenvalue weighted by molar-refractivity contribution is 7.13. The molecule has 3 nitrogen and oxygen atoms in total. The molecule has 0 radical (unpaired) electrons. The van der Waals surface area contributed by atoms with Crippen molar-refractivity contribution >= 4 is 16.5 Å². The van der Waals surface area contributed by atoms with Gasteiger partial charge in [-0.2, -0.15) is 0 Å². The molecule has 0 aromatic carbocycles. The third kappa shape index (κ3) is 1.33. The molecule has 0 aliphatic carbocycles. The van der Waals surface area contributed by atoms with E-state index in [0.29, 0.717) is 5.41 Å². The maximum Gasteiger partial charge on any atom is 0.185 e. The van der Waals surface area contributed by atoms with Crippen molar-refractivity contribution in [1.82, 2.24) is 10.3 Å². The second-order valence-corrected chi connectivity index (χ2v) is 5.29. The Balaban J connectivity index is 1.75. The van der Waals surface area contributed by atoms with Crippen LogP contribution in [0.25, 0.3) is 0 Å². The monoisotopic (exact) mass is 209 g/mol. The van der Waals surface area contributed by atoms with E-state index in [9.17, 15) is 0 Å². The van der Waals surface area contributed by atoms with E-state index in [1.165, 1.54) is 44.2 Å². The Hall–Kier alpha value is -0.610. The summed E-state index contributed by atoms with van der Waals surface area (Å²) in [5, 5.41) is 6.74. The predicted octanol–water partition coefficient (Wildman–Crippen LogP) is 1.33. The molecule has 3 heterocycles. The molecule has 2 aliphatic heterocycles. The van der Waals surface area contributed by atoms with Crippen LogP contribution in [0.3, 0.4) is 0 Å². The lowest BCUT2D eigenvalue weighted by molar-refractivity contribution is 0.369. The molecule has 1 aromatic rings. The van der Waals surface area contributed by atoms with Gasteiger partial charge in [-0.1, -0.05) is 0 Å². The van der Waals surface area contributed by atoms with Gasteiger partial charge < -0.3 is 10.2 Å². The maximum absolute atomic E-state index is 4.38. The van der Waals surface area contributed by atoms with Gasteiger partial charge in [0.15, 0.2) is 5.13 Å². The summed E-state index contributed by atoms with van der Waals surface area (Å²) in [5.41, 5.74) is 0.561. The first kappa shape index (κ1) is 8.68. The molecule has 2 aliphatic rings. The third-order valence-electron chi connectivity index (χ3n) is 3.46. The van der Waals surface area contributed by atoms with Gasteiger partial charge in [0.25, 0.3) is 0 Å². The molecule has 14 heavy (non-hydrogen) atoms. The number of nitrogens with one attached hydrogen (secondary N) is 1. The lowest BCUT2D eigenvalue weighted by Gasteiger charge is -2.22. The Morgan fingerprint density at radius 3 is 3.21 bits per heavy atom. The van der Waals surface area contributed by atoms with Crippen molar-refractivity contribution in [3.05, 3.63) is 11.6 Å². The maximum atomic E-state index is 4.38. The lowest BCUT2D eigenvalue weighted by Crippen LogP contribution is -2.28. The van der Waals surface area contributed by atoms with Gasteiger partial charge in [0.05, 0.1) is 0 Å². The Bertz CT molecular complexity index is 303. The molecule has 76 valence electrons. The molecule has 2 saturated heterocycles.